The summed E-state index contributed by atoms with van der Waals surface area (Å²) < 4.78 is 24.6. The third kappa shape index (κ3) is 4.48. The van der Waals surface area contributed by atoms with E-state index in [2.05, 4.69) is 5.32 Å². The second kappa shape index (κ2) is 8.36. The highest BCUT2D eigenvalue weighted by molar-refractivity contribution is 6.31. The summed E-state index contributed by atoms with van der Waals surface area (Å²) >= 11 is 6.06. The lowest BCUT2D eigenvalue weighted by Gasteiger charge is -2.34. The highest BCUT2D eigenvalue weighted by Gasteiger charge is 2.26. The predicted octanol–water partition coefficient (Wildman–Crippen LogP) is 3.20. The lowest BCUT2D eigenvalue weighted by Crippen LogP contribution is -2.53. The van der Waals surface area contributed by atoms with Gasteiger partial charge in [0.05, 0.1) is 11.6 Å². The van der Waals surface area contributed by atoms with Crippen molar-refractivity contribution in [3.8, 4) is 5.75 Å². The topological polar surface area (TPSA) is 50.8 Å². The van der Waals surface area contributed by atoms with Gasteiger partial charge < -0.3 is 19.7 Å². The maximum atomic E-state index is 14.1. The molecular formula is C16H22ClFN2O3. The standard InChI is InChI=1S/C16H22ClFN2O3/c1-3-11-9-19-5-6-20(11)16(21)23-10-13-14(17)7-12(22-4-2)8-15(13)18/h7-8,11,19H,3-6,9-10H2,1-2H3. The largest absolute Gasteiger partial charge is 0.494 e. The average molecular weight is 345 g/mol. The summed E-state index contributed by atoms with van der Waals surface area (Å²) in [6.07, 6.45) is 0.392. The van der Waals surface area contributed by atoms with Gasteiger partial charge in [-0.05, 0) is 19.4 Å². The van der Waals surface area contributed by atoms with Gasteiger partial charge in [0.1, 0.15) is 18.2 Å². The number of hydrogen-bond acceptors (Lipinski definition) is 4. The molecule has 7 heteroatoms. The fourth-order valence-electron chi connectivity index (χ4n) is 2.55. The number of rotatable bonds is 5. The Hall–Kier alpha value is -1.53. The Bertz CT molecular complexity index is 533. The number of halogens is 2. The van der Waals surface area contributed by atoms with Crippen molar-refractivity contribution in [2.75, 3.05) is 26.2 Å². The molecule has 1 saturated heterocycles. The summed E-state index contributed by atoms with van der Waals surface area (Å²) in [7, 11) is 0. The van der Waals surface area contributed by atoms with Crippen LogP contribution < -0.4 is 10.1 Å². The van der Waals surface area contributed by atoms with Crippen molar-refractivity contribution < 1.29 is 18.7 Å². The minimum absolute atomic E-state index is 0.0944. The van der Waals surface area contributed by atoms with E-state index in [9.17, 15) is 9.18 Å². The summed E-state index contributed by atoms with van der Waals surface area (Å²) in [6.45, 7) is 6.09. The van der Waals surface area contributed by atoms with E-state index in [0.717, 1.165) is 19.5 Å². The van der Waals surface area contributed by atoms with Crippen molar-refractivity contribution in [3.05, 3.63) is 28.5 Å². The van der Waals surface area contributed by atoms with Crippen LogP contribution in [0.15, 0.2) is 12.1 Å². The van der Waals surface area contributed by atoms with Crippen LogP contribution in [0, 0.1) is 5.82 Å². The van der Waals surface area contributed by atoms with E-state index in [1.165, 1.54) is 12.1 Å². The summed E-state index contributed by atoms with van der Waals surface area (Å²) in [4.78, 5) is 13.9. The smallest absolute Gasteiger partial charge is 0.410 e. The second-order valence-electron chi connectivity index (χ2n) is 5.31. The van der Waals surface area contributed by atoms with Crippen LogP contribution in [0.4, 0.5) is 9.18 Å². The molecule has 128 valence electrons. The summed E-state index contributed by atoms with van der Waals surface area (Å²) in [5, 5.41) is 3.42. The maximum Gasteiger partial charge on any atom is 0.410 e. The molecule has 0 spiro atoms. The first-order chi connectivity index (χ1) is 11.1. The molecule has 1 atom stereocenters. The lowest BCUT2D eigenvalue weighted by molar-refractivity contribution is 0.0707. The van der Waals surface area contributed by atoms with Gasteiger partial charge in [-0.3, -0.25) is 0 Å². The van der Waals surface area contributed by atoms with Gasteiger partial charge in [0.15, 0.2) is 0 Å². The first-order valence-corrected chi connectivity index (χ1v) is 8.19. The third-order valence-electron chi connectivity index (χ3n) is 3.82. The van der Waals surface area contributed by atoms with Gasteiger partial charge in [-0.25, -0.2) is 9.18 Å². The second-order valence-corrected chi connectivity index (χ2v) is 5.72. The minimum atomic E-state index is -0.541. The molecule has 23 heavy (non-hydrogen) atoms. The van der Waals surface area contributed by atoms with Crippen LogP contribution >= 0.6 is 11.6 Å². The van der Waals surface area contributed by atoms with Crippen LogP contribution in [0.25, 0.3) is 0 Å². The number of carbonyl (C=O) groups is 1. The third-order valence-corrected chi connectivity index (χ3v) is 4.16. The van der Waals surface area contributed by atoms with E-state index >= 15 is 0 Å². The lowest BCUT2D eigenvalue weighted by atomic mass is 10.1. The fourth-order valence-corrected chi connectivity index (χ4v) is 2.80. The zero-order valence-electron chi connectivity index (χ0n) is 13.4. The van der Waals surface area contributed by atoms with Crippen molar-refractivity contribution in [3.63, 3.8) is 0 Å². The van der Waals surface area contributed by atoms with Crippen LogP contribution in [-0.2, 0) is 11.3 Å². The Morgan fingerprint density at radius 3 is 2.91 bits per heavy atom. The van der Waals surface area contributed by atoms with Gasteiger partial charge in [0.25, 0.3) is 0 Å². The number of amides is 1. The Morgan fingerprint density at radius 1 is 1.48 bits per heavy atom. The van der Waals surface area contributed by atoms with Crippen molar-refractivity contribution in [1.82, 2.24) is 10.2 Å². The molecular weight excluding hydrogens is 323 g/mol. The number of ether oxygens (including phenoxy) is 2. The van der Waals surface area contributed by atoms with Gasteiger partial charge in [0.2, 0.25) is 0 Å². The highest BCUT2D eigenvalue weighted by atomic mass is 35.5. The molecule has 2 rings (SSSR count). The van der Waals surface area contributed by atoms with E-state index in [1.807, 2.05) is 6.92 Å². The van der Waals surface area contributed by atoms with Gasteiger partial charge in [-0.1, -0.05) is 18.5 Å². The molecule has 1 aromatic rings. The van der Waals surface area contributed by atoms with E-state index in [4.69, 9.17) is 21.1 Å². The molecule has 1 unspecified atom stereocenters. The SMILES string of the molecule is CCOc1cc(F)c(COC(=O)N2CCNCC2CC)c(Cl)c1. The van der Waals surface area contributed by atoms with Crippen molar-refractivity contribution in [2.24, 2.45) is 0 Å². The Balaban J connectivity index is 2.01. The van der Waals surface area contributed by atoms with E-state index in [-0.39, 0.29) is 23.2 Å². The molecule has 0 saturated carbocycles. The Labute approximate surface area is 140 Å². The van der Waals surface area contributed by atoms with Crippen molar-refractivity contribution in [1.29, 1.82) is 0 Å². The molecule has 1 amide bonds. The number of nitrogens with zero attached hydrogens (tertiary/aromatic N) is 1. The molecule has 0 aromatic heterocycles. The number of carbonyl (C=O) groups excluding carboxylic acids is 1. The number of piperazine rings is 1. The Kier molecular flexibility index (Phi) is 6.47. The van der Waals surface area contributed by atoms with Gasteiger partial charge in [-0.2, -0.15) is 0 Å². The molecule has 1 N–H and O–H groups in total. The normalized spacial score (nSPS) is 17.9. The molecule has 0 bridgehead atoms. The monoisotopic (exact) mass is 344 g/mol. The number of benzene rings is 1. The zero-order chi connectivity index (χ0) is 16.8. The molecule has 1 aliphatic heterocycles. The quantitative estimate of drug-likeness (QED) is 0.891. The molecule has 1 aliphatic rings. The maximum absolute atomic E-state index is 14.1. The summed E-state index contributed by atoms with van der Waals surface area (Å²) in [6, 6.07) is 2.87. The van der Waals surface area contributed by atoms with Gasteiger partial charge in [0, 0.05) is 37.3 Å². The van der Waals surface area contributed by atoms with E-state index in [1.54, 1.807) is 11.8 Å². The summed E-state index contributed by atoms with van der Waals surface area (Å²) in [5.74, 6) is -0.181. The van der Waals surface area contributed by atoms with Crippen molar-refractivity contribution >= 4 is 17.7 Å². The predicted molar refractivity (Wildman–Crippen MR) is 86.4 cm³/mol. The number of hydrogen-bond donors (Lipinski definition) is 1. The molecule has 0 radical (unpaired) electrons. The van der Waals surface area contributed by atoms with Gasteiger partial charge in [-0.15, -0.1) is 0 Å². The van der Waals surface area contributed by atoms with Crippen LogP contribution in [-0.4, -0.2) is 43.3 Å². The molecule has 5 nitrogen and oxygen atoms in total. The van der Waals surface area contributed by atoms with E-state index in [0.29, 0.717) is 18.9 Å². The molecule has 1 aromatic carbocycles. The van der Waals surface area contributed by atoms with Gasteiger partial charge >= 0.3 is 6.09 Å². The molecule has 1 fully saturated rings. The van der Waals surface area contributed by atoms with Crippen LogP contribution in [0.3, 0.4) is 0 Å². The summed E-state index contributed by atoms with van der Waals surface area (Å²) in [5.41, 5.74) is 0.159. The molecule has 0 aliphatic carbocycles. The first-order valence-electron chi connectivity index (χ1n) is 7.81. The van der Waals surface area contributed by atoms with E-state index < -0.39 is 11.9 Å². The van der Waals surface area contributed by atoms with Crippen LogP contribution in [0.2, 0.25) is 5.02 Å². The first kappa shape index (κ1) is 17.8. The van der Waals surface area contributed by atoms with Crippen molar-refractivity contribution in [2.45, 2.75) is 32.9 Å². The molecule has 1 heterocycles. The minimum Gasteiger partial charge on any atom is -0.494 e. The Morgan fingerprint density at radius 2 is 2.26 bits per heavy atom. The highest BCUT2D eigenvalue weighted by Crippen LogP contribution is 2.27. The zero-order valence-corrected chi connectivity index (χ0v) is 14.2. The average Bonchev–Trinajstić information content (AvgIpc) is 2.54. The number of nitrogens with one attached hydrogen (secondary N) is 1. The van der Waals surface area contributed by atoms with Crippen LogP contribution in [0.5, 0.6) is 5.75 Å². The van der Waals surface area contributed by atoms with Crippen LogP contribution in [0.1, 0.15) is 25.8 Å². The fraction of sp³-hybridized carbons (Fsp3) is 0.562.